The molecule has 0 aliphatic carbocycles. The van der Waals surface area contributed by atoms with Gasteiger partial charge in [-0.1, -0.05) is 12.1 Å². The van der Waals surface area contributed by atoms with Crippen molar-refractivity contribution in [3.63, 3.8) is 0 Å². The Morgan fingerprint density at radius 3 is 2.83 bits per heavy atom. The van der Waals surface area contributed by atoms with Gasteiger partial charge in [-0.05, 0) is 25.0 Å². The van der Waals surface area contributed by atoms with E-state index in [1.807, 2.05) is 0 Å². The van der Waals surface area contributed by atoms with E-state index < -0.39 is 17.0 Å². The largest absolute Gasteiger partial charge is 0.462 e. The molecular weight excluding hydrogens is 256 g/mol. The molecule has 0 aliphatic rings. The van der Waals surface area contributed by atoms with Crippen molar-refractivity contribution in [3.05, 3.63) is 35.4 Å². The highest BCUT2D eigenvalue weighted by Gasteiger charge is 2.07. The molecule has 1 unspecified atom stereocenters. The second kappa shape index (κ2) is 7.73. The van der Waals surface area contributed by atoms with Gasteiger partial charge in [0.05, 0.1) is 12.2 Å². The maximum atomic E-state index is 11.6. The predicted octanol–water partition coefficient (Wildman–Crippen LogP) is 1.66. The molecule has 1 rings (SSSR count). The fourth-order valence-electron chi connectivity index (χ4n) is 1.31. The Kier molecular flexibility index (Phi) is 6.24. The molecule has 5 nitrogen and oxygen atoms in total. The normalized spacial score (nSPS) is 11.8. The summed E-state index contributed by atoms with van der Waals surface area (Å²) in [5.74, 6) is -0.318. The molecule has 0 fully saturated rings. The minimum absolute atomic E-state index is 0.179. The van der Waals surface area contributed by atoms with Crippen LogP contribution in [0.25, 0.3) is 0 Å². The summed E-state index contributed by atoms with van der Waals surface area (Å²) < 4.78 is 23.9. The van der Waals surface area contributed by atoms with Crippen LogP contribution in [0, 0.1) is 0 Å². The Labute approximate surface area is 107 Å². The zero-order chi connectivity index (χ0) is 13.4. The van der Waals surface area contributed by atoms with Gasteiger partial charge in [-0.3, -0.25) is 4.79 Å². The summed E-state index contributed by atoms with van der Waals surface area (Å²) in [6, 6.07) is 6.23. The molecule has 0 saturated carbocycles. The first kappa shape index (κ1) is 14.5. The summed E-state index contributed by atoms with van der Waals surface area (Å²) in [6.45, 7) is 0.196. The van der Waals surface area contributed by atoms with Gasteiger partial charge < -0.3 is 9.29 Å². The minimum Gasteiger partial charge on any atom is -0.462 e. The van der Waals surface area contributed by atoms with Crippen LogP contribution in [0.2, 0.25) is 0 Å². The van der Waals surface area contributed by atoms with Crippen molar-refractivity contribution in [2.24, 2.45) is 0 Å². The molecule has 6 heteroatoms. The molecule has 1 N–H and O–H groups in total. The van der Waals surface area contributed by atoms with Gasteiger partial charge in [0.25, 0.3) is 0 Å². The third kappa shape index (κ3) is 5.20. The molecule has 1 atom stereocenters. The third-order valence-electron chi connectivity index (χ3n) is 2.20. The lowest BCUT2D eigenvalue weighted by atomic mass is 10.1. The number of ether oxygens (including phenoxy) is 1. The van der Waals surface area contributed by atoms with Crippen molar-refractivity contribution in [3.8, 4) is 0 Å². The molecular formula is C12H14O5S. The number of esters is 1. The highest BCUT2D eigenvalue weighted by molar-refractivity contribution is 7.79. The van der Waals surface area contributed by atoms with E-state index >= 15 is 0 Å². The molecule has 1 aromatic rings. The van der Waals surface area contributed by atoms with Gasteiger partial charge in [-0.15, -0.1) is 0 Å². The van der Waals surface area contributed by atoms with E-state index in [0.29, 0.717) is 30.3 Å². The Bertz CT molecular complexity index is 444. The summed E-state index contributed by atoms with van der Waals surface area (Å²) in [5.41, 5.74) is 0.741. The first-order valence-electron chi connectivity index (χ1n) is 5.43. The summed E-state index contributed by atoms with van der Waals surface area (Å²) in [5, 5.41) is 0. The zero-order valence-electron chi connectivity index (χ0n) is 9.70. The molecule has 0 bridgehead atoms. The molecule has 0 saturated heterocycles. The molecule has 0 heterocycles. The van der Waals surface area contributed by atoms with E-state index in [-0.39, 0.29) is 12.4 Å². The van der Waals surface area contributed by atoms with Crippen LogP contribution in [0.4, 0.5) is 0 Å². The summed E-state index contributed by atoms with van der Waals surface area (Å²) in [4.78, 5) is 22.1. The quantitative estimate of drug-likeness (QED) is 0.353. The van der Waals surface area contributed by atoms with Gasteiger partial charge in [0.2, 0.25) is 0 Å². The van der Waals surface area contributed by atoms with Crippen LogP contribution in [0.3, 0.4) is 0 Å². The summed E-state index contributed by atoms with van der Waals surface area (Å²) >= 11 is -1.80. The van der Waals surface area contributed by atoms with Crippen LogP contribution in [0.15, 0.2) is 24.3 Å². The van der Waals surface area contributed by atoms with Crippen LogP contribution < -0.4 is 0 Å². The fraction of sp³-hybridized carbons (Fsp3) is 0.333. The van der Waals surface area contributed by atoms with E-state index in [4.69, 9.17) is 9.29 Å². The van der Waals surface area contributed by atoms with Crippen molar-refractivity contribution < 1.29 is 23.1 Å². The third-order valence-corrected chi connectivity index (χ3v) is 2.84. The van der Waals surface area contributed by atoms with E-state index in [2.05, 4.69) is 0 Å². The van der Waals surface area contributed by atoms with Gasteiger partial charge in [0, 0.05) is 11.3 Å². The monoisotopic (exact) mass is 270 g/mol. The number of carbonyl (C=O) groups is 2. The number of aldehydes is 1. The fourth-order valence-corrected chi connectivity index (χ4v) is 1.77. The molecule has 0 amide bonds. The van der Waals surface area contributed by atoms with Gasteiger partial charge in [-0.2, -0.15) is 0 Å². The molecule has 98 valence electrons. The number of hydrogen-bond donors (Lipinski definition) is 1. The van der Waals surface area contributed by atoms with Crippen LogP contribution in [-0.4, -0.2) is 33.4 Å². The van der Waals surface area contributed by atoms with E-state index in [1.54, 1.807) is 18.2 Å². The highest BCUT2D eigenvalue weighted by atomic mass is 32.2. The van der Waals surface area contributed by atoms with E-state index in [1.165, 1.54) is 6.07 Å². The minimum atomic E-state index is -1.80. The van der Waals surface area contributed by atoms with Crippen molar-refractivity contribution >= 4 is 23.3 Å². The van der Waals surface area contributed by atoms with Crippen LogP contribution in [0.5, 0.6) is 0 Å². The van der Waals surface area contributed by atoms with Crippen LogP contribution >= 0.6 is 0 Å². The Balaban J connectivity index is 2.36. The average Bonchev–Trinajstić information content (AvgIpc) is 2.37. The second-order valence-corrected chi connectivity index (χ2v) is 4.66. The SMILES string of the molecule is O=Cc1cccc(C(=O)OCCCCS(=O)O)c1. The topological polar surface area (TPSA) is 80.7 Å². The molecule has 0 spiro atoms. The lowest BCUT2D eigenvalue weighted by molar-refractivity contribution is 0.0500. The molecule has 1 aromatic carbocycles. The summed E-state index contributed by atoms with van der Waals surface area (Å²) in [6.07, 6.45) is 1.71. The van der Waals surface area contributed by atoms with Crippen molar-refractivity contribution in [1.82, 2.24) is 0 Å². The Hall–Kier alpha value is -1.53. The summed E-state index contributed by atoms with van der Waals surface area (Å²) in [7, 11) is 0. The maximum absolute atomic E-state index is 11.6. The van der Waals surface area contributed by atoms with Gasteiger partial charge in [0.15, 0.2) is 11.1 Å². The van der Waals surface area contributed by atoms with Gasteiger partial charge in [0.1, 0.15) is 6.29 Å². The van der Waals surface area contributed by atoms with Gasteiger partial charge >= 0.3 is 5.97 Å². The van der Waals surface area contributed by atoms with E-state index in [0.717, 1.165) is 0 Å². The number of hydrogen-bond acceptors (Lipinski definition) is 4. The second-order valence-electron chi connectivity index (χ2n) is 3.61. The van der Waals surface area contributed by atoms with Crippen LogP contribution in [0.1, 0.15) is 33.6 Å². The number of unbranched alkanes of at least 4 members (excludes halogenated alkanes) is 1. The maximum Gasteiger partial charge on any atom is 0.338 e. The molecule has 0 aromatic heterocycles. The average molecular weight is 270 g/mol. The predicted molar refractivity (Wildman–Crippen MR) is 67.0 cm³/mol. The smallest absolute Gasteiger partial charge is 0.338 e. The number of carbonyl (C=O) groups excluding carboxylic acids is 2. The lowest BCUT2D eigenvalue weighted by Crippen LogP contribution is -2.07. The standard InChI is InChI=1S/C12H14O5S/c13-9-10-4-3-5-11(8-10)12(14)17-6-1-2-7-18(15)16/h3-5,8-9H,1-2,6-7H2,(H,15,16). The Morgan fingerprint density at radius 2 is 2.17 bits per heavy atom. The first-order chi connectivity index (χ1) is 8.63. The molecule has 0 radical (unpaired) electrons. The first-order valence-corrected chi connectivity index (χ1v) is 6.71. The van der Waals surface area contributed by atoms with Crippen molar-refractivity contribution in [1.29, 1.82) is 0 Å². The molecule has 0 aliphatic heterocycles. The lowest BCUT2D eigenvalue weighted by Gasteiger charge is -2.04. The van der Waals surface area contributed by atoms with Crippen LogP contribution in [-0.2, 0) is 15.8 Å². The molecule has 18 heavy (non-hydrogen) atoms. The highest BCUT2D eigenvalue weighted by Crippen LogP contribution is 2.05. The van der Waals surface area contributed by atoms with Crippen molar-refractivity contribution in [2.75, 3.05) is 12.4 Å². The van der Waals surface area contributed by atoms with Crippen molar-refractivity contribution in [2.45, 2.75) is 12.8 Å². The van der Waals surface area contributed by atoms with Gasteiger partial charge in [-0.25, -0.2) is 9.00 Å². The number of benzene rings is 1. The zero-order valence-corrected chi connectivity index (χ0v) is 10.5. The Morgan fingerprint density at radius 1 is 1.39 bits per heavy atom. The number of rotatable bonds is 7. The van der Waals surface area contributed by atoms with E-state index in [9.17, 15) is 13.8 Å².